The van der Waals surface area contributed by atoms with E-state index in [9.17, 15) is 4.79 Å². The Kier molecular flexibility index (Phi) is 8.37. The Labute approximate surface area is 144 Å². The summed E-state index contributed by atoms with van der Waals surface area (Å²) in [5.74, 6) is 0.939. The molecule has 2 rings (SSSR count). The lowest BCUT2D eigenvalue weighted by Crippen LogP contribution is -2.50. The number of methoxy groups -OCH3 is 1. The molecule has 0 atom stereocenters. The molecular formula is C17H27ClN2O3. The summed E-state index contributed by atoms with van der Waals surface area (Å²) in [7, 11) is 1.65. The van der Waals surface area contributed by atoms with Gasteiger partial charge in [-0.05, 0) is 44.5 Å². The highest BCUT2D eigenvalue weighted by Crippen LogP contribution is 2.29. The number of halogens is 1. The third-order valence-electron chi connectivity index (χ3n) is 4.20. The molecule has 0 aliphatic carbocycles. The van der Waals surface area contributed by atoms with Crippen LogP contribution in [0.5, 0.6) is 5.75 Å². The molecule has 23 heavy (non-hydrogen) atoms. The first-order chi connectivity index (χ1) is 10.7. The lowest BCUT2D eigenvalue weighted by atomic mass is 9.78. The van der Waals surface area contributed by atoms with Crippen molar-refractivity contribution in [2.75, 3.05) is 40.0 Å². The third kappa shape index (κ3) is 5.37. The van der Waals surface area contributed by atoms with Crippen molar-refractivity contribution in [1.29, 1.82) is 0 Å². The summed E-state index contributed by atoms with van der Waals surface area (Å²) in [4.78, 5) is 12.5. The molecule has 0 saturated carbocycles. The molecule has 1 heterocycles. The molecule has 1 aromatic carbocycles. The second-order valence-electron chi connectivity index (χ2n) is 5.83. The second kappa shape index (κ2) is 9.75. The number of amides is 1. The van der Waals surface area contributed by atoms with Crippen molar-refractivity contribution in [3.05, 3.63) is 29.8 Å². The van der Waals surface area contributed by atoms with E-state index in [4.69, 9.17) is 9.47 Å². The molecule has 2 N–H and O–H groups in total. The summed E-state index contributed by atoms with van der Waals surface area (Å²) in [5.41, 5.74) is 0.700. The molecule has 1 amide bonds. The minimum absolute atomic E-state index is 0. The zero-order valence-electron chi connectivity index (χ0n) is 13.9. The predicted molar refractivity (Wildman–Crippen MR) is 93.3 cm³/mol. The van der Waals surface area contributed by atoms with Gasteiger partial charge in [-0.3, -0.25) is 4.79 Å². The number of aryl methyl sites for hydroxylation is 1. The van der Waals surface area contributed by atoms with E-state index in [1.807, 2.05) is 31.2 Å². The van der Waals surface area contributed by atoms with Gasteiger partial charge in [0.2, 0.25) is 5.91 Å². The van der Waals surface area contributed by atoms with Crippen LogP contribution < -0.4 is 15.4 Å². The average molecular weight is 343 g/mol. The number of benzene rings is 1. The molecule has 6 heteroatoms. The van der Waals surface area contributed by atoms with E-state index < -0.39 is 5.41 Å². The molecule has 1 fully saturated rings. The predicted octanol–water partition coefficient (Wildman–Crippen LogP) is 1.93. The van der Waals surface area contributed by atoms with Crippen molar-refractivity contribution in [2.24, 2.45) is 5.41 Å². The number of hydrogen-bond donors (Lipinski definition) is 2. The van der Waals surface area contributed by atoms with Gasteiger partial charge >= 0.3 is 0 Å². The molecule has 1 saturated heterocycles. The molecule has 0 unspecified atom stereocenters. The van der Waals surface area contributed by atoms with E-state index in [-0.39, 0.29) is 18.3 Å². The highest BCUT2D eigenvalue weighted by atomic mass is 35.5. The average Bonchev–Trinajstić information content (AvgIpc) is 2.54. The van der Waals surface area contributed by atoms with Crippen molar-refractivity contribution in [3.8, 4) is 5.75 Å². The first-order valence-electron chi connectivity index (χ1n) is 7.84. The van der Waals surface area contributed by atoms with Crippen LogP contribution >= 0.6 is 12.4 Å². The molecule has 0 bridgehead atoms. The summed E-state index contributed by atoms with van der Waals surface area (Å²) >= 11 is 0. The second-order valence-corrected chi connectivity index (χ2v) is 5.83. The molecule has 1 aliphatic heterocycles. The fourth-order valence-electron chi connectivity index (χ4n) is 2.85. The van der Waals surface area contributed by atoms with Crippen LogP contribution in [0.1, 0.15) is 18.4 Å². The van der Waals surface area contributed by atoms with E-state index in [0.29, 0.717) is 19.8 Å². The van der Waals surface area contributed by atoms with Gasteiger partial charge in [-0.25, -0.2) is 0 Å². The topological polar surface area (TPSA) is 59.6 Å². The van der Waals surface area contributed by atoms with Crippen molar-refractivity contribution in [1.82, 2.24) is 10.6 Å². The number of para-hydroxylation sites is 1. The van der Waals surface area contributed by atoms with Crippen LogP contribution in [0.25, 0.3) is 0 Å². The van der Waals surface area contributed by atoms with Crippen molar-refractivity contribution in [3.63, 3.8) is 0 Å². The summed E-state index contributed by atoms with van der Waals surface area (Å²) < 4.78 is 11.0. The number of carbonyl (C=O) groups excluding carboxylic acids is 1. The van der Waals surface area contributed by atoms with Gasteiger partial charge in [0, 0.05) is 7.11 Å². The molecular weight excluding hydrogens is 316 g/mol. The number of ether oxygens (including phenoxy) is 2. The third-order valence-corrected chi connectivity index (χ3v) is 4.20. The van der Waals surface area contributed by atoms with E-state index in [0.717, 1.165) is 37.2 Å². The van der Waals surface area contributed by atoms with Crippen molar-refractivity contribution < 1.29 is 14.3 Å². The van der Waals surface area contributed by atoms with Gasteiger partial charge in [-0.2, -0.15) is 0 Å². The van der Waals surface area contributed by atoms with Crippen molar-refractivity contribution >= 4 is 18.3 Å². The fraction of sp³-hybridized carbons (Fsp3) is 0.588. The maximum atomic E-state index is 12.5. The Hall–Kier alpha value is -1.30. The Morgan fingerprint density at radius 1 is 1.30 bits per heavy atom. The van der Waals surface area contributed by atoms with Crippen LogP contribution in [0.15, 0.2) is 24.3 Å². The summed E-state index contributed by atoms with van der Waals surface area (Å²) in [5, 5.41) is 6.28. The van der Waals surface area contributed by atoms with Gasteiger partial charge in [0.25, 0.3) is 0 Å². The fourth-order valence-corrected chi connectivity index (χ4v) is 2.85. The van der Waals surface area contributed by atoms with Gasteiger partial charge in [-0.1, -0.05) is 18.2 Å². The van der Waals surface area contributed by atoms with Crippen LogP contribution in [-0.2, 0) is 9.53 Å². The maximum Gasteiger partial charge on any atom is 0.228 e. The Morgan fingerprint density at radius 2 is 2.00 bits per heavy atom. The number of rotatable bonds is 7. The van der Waals surface area contributed by atoms with Crippen LogP contribution in [0, 0.1) is 12.3 Å². The monoisotopic (exact) mass is 342 g/mol. The smallest absolute Gasteiger partial charge is 0.228 e. The Balaban J connectivity index is 0.00000264. The molecule has 5 nitrogen and oxygen atoms in total. The van der Waals surface area contributed by atoms with E-state index in [1.54, 1.807) is 7.11 Å². The van der Waals surface area contributed by atoms with Gasteiger partial charge < -0.3 is 20.1 Å². The SMILES string of the molecule is COCC1(C(=O)NCCOc2ccccc2C)CCNCC1.Cl. The lowest BCUT2D eigenvalue weighted by molar-refractivity contribution is -0.136. The minimum Gasteiger partial charge on any atom is -0.491 e. The zero-order valence-corrected chi connectivity index (χ0v) is 14.7. The first-order valence-corrected chi connectivity index (χ1v) is 7.84. The number of carbonyl (C=O) groups is 1. The van der Waals surface area contributed by atoms with E-state index in [1.165, 1.54) is 0 Å². The number of piperidine rings is 1. The number of hydrogen-bond acceptors (Lipinski definition) is 4. The summed E-state index contributed by atoms with van der Waals surface area (Å²) in [6.07, 6.45) is 1.62. The van der Waals surface area contributed by atoms with Gasteiger partial charge in [0.15, 0.2) is 0 Å². The van der Waals surface area contributed by atoms with E-state index in [2.05, 4.69) is 10.6 Å². The number of nitrogens with one attached hydrogen (secondary N) is 2. The minimum atomic E-state index is -0.400. The Bertz CT molecular complexity index is 485. The standard InChI is InChI=1S/C17H26N2O3.ClH/c1-14-5-3-4-6-15(14)22-12-11-19-16(20)17(13-21-2)7-9-18-10-8-17;/h3-6,18H,7-13H2,1-2H3,(H,19,20);1H. The highest BCUT2D eigenvalue weighted by Gasteiger charge is 2.39. The van der Waals surface area contributed by atoms with Crippen LogP contribution in [0.2, 0.25) is 0 Å². The maximum absolute atomic E-state index is 12.5. The molecule has 0 radical (unpaired) electrons. The molecule has 1 aliphatic rings. The normalized spacial score (nSPS) is 16.3. The molecule has 0 aromatic heterocycles. The van der Waals surface area contributed by atoms with E-state index >= 15 is 0 Å². The van der Waals surface area contributed by atoms with Crippen LogP contribution in [-0.4, -0.2) is 45.9 Å². The van der Waals surface area contributed by atoms with Gasteiger partial charge in [0.1, 0.15) is 12.4 Å². The van der Waals surface area contributed by atoms with Gasteiger partial charge in [-0.15, -0.1) is 12.4 Å². The van der Waals surface area contributed by atoms with Crippen molar-refractivity contribution in [2.45, 2.75) is 19.8 Å². The highest BCUT2D eigenvalue weighted by molar-refractivity contribution is 5.85. The largest absolute Gasteiger partial charge is 0.491 e. The molecule has 1 aromatic rings. The van der Waals surface area contributed by atoms with Crippen LogP contribution in [0.4, 0.5) is 0 Å². The first kappa shape index (κ1) is 19.7. The molecule has 0 spiro atoms. The summed E-state index contributed by atoms with van der Waals surface area (Å²) in [6.45, 7) is 5.17. The lowest BCUT2D eigenvalue weighted by Gasteiger charge is -2.35. The zero-order chi connectivity index (χ0) is 15.8. The van der Waals surface area contributed by atoms with Crippen LogP contribution in [0.3, 0.4) is 0 Å². The summed E-state index contributed by atoms with van der Waals surface area (Å²) in [6, 6.07) is 7.88. The molecule has 130 valence electrons. The van der Waals surface area contributed by atoms with Gasteiger partial charge in [0.05, 0.1) is 18.6 Å². The Morgan fingerprint density at radius 3 is 2.65 bits per heavy atom. The quantitative estimate of drug-likeness (QED) is 0.743.